The molecule has 2 aliphatic rings. The number of carboxylic acid groups (broad SMARTS) is 1. The van der Waals surface area contributed by atoms with Gasteiger partial charge >= 0.3 is 12.3 Å². The predicted molar refractivity (Wildman–Crippen MR) is 140 cm³/mol. The molecule has 3 aromatic carbocycles. The summed E-state index contributed by atoms with van der Waals surface area (Å²) in [5, 5.41) is 13.9. The maximum atomic E-state index is 13.4. The van der Waals surface area contributed by atoms with Crippen molar-refractivity contribution in [2.45, 2.75) is 25.9 Å². The Labute approximate surface area is 232 Å². The number of alkyl halides is 2. The molecule has 1 atom stereocenters. The van der Waals surface area contributed by atoms with Crippen LogP contribution in [0.25, 0.3) is 5.69 Å². The Hall–Kier alpha value is -4.97. The Morgan fingerprint density at radius 3 is 2.56 bits per heavy atom. The second kappa shape index (κ2) is 9.89. The maximum absolute atomic E-state index is 13.4. The van der Waals surface area contributed by atoms with Crippen LogP contribution in [0.5, 0.6) is 17.2 Å². The number of aromatic nitrogens is 2. The molecule has 41 heavy (non-hydrogen) atoms. The first-order valence-electron chi connectivity index (χ1n) is 12.5. The largest absolute Gasteiger partial charge is 0.586 e. The molecule has 0 spiro atoms. The number of rotatable bonds is 6. The molecule has 1 N–H and O–H groups in total. The third-order valence-electron chi connectivity index (χ3n) is 6.84. The molecule has 1 unspecified atom stereocenters. The summed E-state index contributed by atoms with van der Waals surface area (Å²) in [7, 11) is 1.53. The van der Waals surface area contributed by atoms with Crippen molar-refractivity contribution in [2.75, 3.05) is 18.6 Å². The first-order chi connectivity index (χ1) is 19.6. The van der Waals surface area contributed by atoms with E-state index in [0.29, 0.717) is 29.3 Å². The fraction of sp³-hybridized carbons (Fsp3) is 0.207. The van der Waals surface area contributed by atoms with Crippen LogP contribution in [-0.2, 0) is 11.3 Å². The van der Waals surface area contributed by atoms with E-state index in [1.54, 1.807) is 41.1 Å². The second-order valence-electron chi connectivity index (χ2n) is 9.53. The lowest BCUT2D eigenvalue weighted by molar-refractivity contribution is -0.286. The van der Waals surface area contributed by atoms with Gasteiger partial charge in [-0.1, -0.05) is 6.07 Å². The van der Waals surface area contributed by atoms with E-state index in [1.165, 1.54) is 42.3 Å². The molecule has 0 saturated heterocycles. The number of nitrogens with zero attached hydrogens (tertiary/aromatic N) is 3. The first kappa shape index (κ1) is 26.3. The standard InChI is InChI=1S/C29H23F2N3O7/c1-16-22-14-38-15-25(39-21-9-6-17(7-10-21)28(36)37)26(22)34(32-16)20-5-3-4-18(12-20)27(35)33(2)19-8-11-23-24(13-19)41-29(30,31)40-23/h3-13,25H,14-15H2,1-2H3,(H,36,37). The minimum atomic E-state index is -3.76. The van der Waals surface area contributed by atoms with Crippen molar-refractivity contribution in [2.24, 2.45) is 0 Å². The number of benzene rings is 3. The number of hydrogen-bond acceptors (Lipinski definition) is 7. The van der Waals surface area contributed by atoms with Gasteiger partial charge in [0.2, 0.25) is 0 Å². The third kappa shape index (κ3) is 4.93. The highest BCUT2D eigenvalue weighted by atomic mass is 19.3. The van der Waals surface area contributed by atoms with Gasteiger partial charge in [-0.05, 0) is 61.5 Å². The molecule has 1 amide bonds. The van der Waals surface area contributed by atoms with Gasteiger partial charge in [0, 0.05) is 29.9 Å². The lowest BCUT2D eigenvalue weighted by Crippen LogP contribution is -2.27. The summed E-state index contributed by atoms with van der Waals surface area (Å²) in [6.07, 6.45) is -4.31. The van der Waals surface area contributed by atoms with E-state index in [9.17, 15) is 23.5 Å². The summed E-state index contributed by atoms with van der Waals surface area (Å²) in [5.41, 5.74) is 3.77. The Bertz CT molecular complexity index is 1670. The molecular weight excluding hydrogens is 540 g/mol. The molecule has 210 valence electrons. The number of carbonyl (C=O) groups excluding carboxylic acids is 1. The number of aryl methyl sites for hydroxylation is 1. The van der Waals surface area contributed by atoms with Crippen LogP contribution < -0.4 is 19.1 Å². The van der Waals surface area contributed by atoms with E-state index in [2.05, 4.69) is 9.47 Å². The van der Waals surface area contributed by atoms with Gasteiger partial charge in [0.25, 0.3) is 5.91 Å². The van der Waals surface area contributed by atoms with Gasteiger partial charge in [-0.25, -0.2) is 9.48 Å². The smallest absolute Gasteiger partial charge is 0.482 e. The van der Waals surface area contributed by atoms with Gasteiger partial charge < -0.3 is 29.0 Å². The maximum Gasteiger partial charge on any atom is 0.586 e. The van der Waals surface area contributed by atoms with E-state index in [4.69, 9.17) is 14.6 Å². The molecule has 0 saturated carbocycles. The van der Waals surface area contributed by atoms with Crippen LogP contribution in [0.3, 0.4) is 0 Å². The van der Waals surface area contributed by atoms with Gasteiger partial charge in [0.05, 0.1) is 35.9 Å². The Balaban J connectivity index is 1.29. The van der Waals surface area contributed by atoms with E-state index in [1.807, 2.05) is 6.92 Å². The highest BCUT2D eigenvalue weighted by Gasteiger charge is 2.43. The van der Waals surface area contributed by atoms with E-state index < -0.39 is 18.4 Å². The van der Waals surface area contributed by atoms with Crippen LogP contribution in [0, 0.1) is 6.92 Å². The van der Waals surface area contributed by atoms with Gasteiger partial charge in [-0.2, -0.15) is 5.10 Å². The van der Waals surface area contributed by atoms with E-state index in [-0.39, 0.29) is 29.6 Å². The minimum Gasteiger partial charge on any atom is -0.482 e. The van der Waals surface area contributed by atoms with Crippen molar-refractivity contribution < 1.29 is 42.4 Å². The lowest BCUT2D eigenvalue weighted by Gasteiger charge is -2.26. The summed E-state index contributed by atoms with van der Waals surface area (Å²) in [6.45, 7) is 2.43. The average molecular weight is 564 g/mol. The highest BCUT2D eigenvalue weighted by molar-refractivity contribution is 6.06. The minimum absolute atomic E-state index is 0.112. The van der Waals surface area contributed by atoms with Crippen LogP contribution in [0.1, 0.15) is 43.8 Å². The number of hydrogen-bond donors (Lipinski definition) is 1. The zero-order valence-electron chi connectivity index (χ0n) is 21.8. The van der Waals surface area contributed by atoms with Gasteiger partial charge in [-0.15, -0.1) is 8.78 Å². The number of halogens is 2. The summed E-state index contributed by atoms with van der Waals surface area (Å²) in [6, 6.07) is 17.1. The monoisotopic (exact) mass is 563 g/mol. The molecule has 0 radical (unpaired) electrons. The number of fused-ring (bicyclic) bond motifs is 2. The summed E-state index contributed by atoms with van der Waals surface area (Å²) < 4.78 is 49.5. The second-order valence-corrected chi connectivity index (χ2v) is 9.53. The van der Waals surface area contributed by atoms with Crippen molar-refractivity contribution in [3.05, 3.63) is 94.8 Å². The quantitative estimate of drug-likeness (QED) is 0.344. The van der Waals surface area contributed by atoms with Gasteiger partial charge in [0.15, 0.2) is 17.6 Å². The molecule has 0 aliphatic carbocycles. The highest BCUT2D eigenvalue weighted by Crippen LogP contribution is 2.43. The Morgan fingerprint density at radius 1 is 1.05 bits per heavy atom. The molecule has 1 aromatic heterocycles. The third-order valence-corrected chi connectivity index (χ3v) is 6.84. The number of amides is 1. The molecule has 3 heterocycles. The molecule has 6 rings (SSSR count). The van der Waals surface area contributed by atoms with Crippen molar-refractivity contribution >= 4 is 17.6 Å². The molecule has 12 heteroatoms. The number of carboxylic acids is 1. The molecule has 0 bridgehead atoms. The molecule has 10 nitrogen and oxygen atoms in total. The first-order valence-corrected chi connectivity index (χ1v) is 12.5. The number of aromatic carboxylic acids is 1. The van der Waals surface area contributed by atoms with Crippen LogP contribution in [0.15, 0.2) is 66.7 Å². The number of anilines is 1. The van der Waals surface area contributed by atoms with Crippen LogP contribution in [-0.4, -0.2) is 46.7 Å². The molecular formula is C29H23F2N3O7. The Kier molecular flexibility index (Phi) is 6.34. The van der Waals surface area contributed by atoms with Crippen molar-refractivity contribution in [1.29, 1.82) is 0 Å². The van der Waals surface area contributed by atoms with Crippen molar-refractivity contribution in [1.82, 2.24) is 9.78 Å². The van der Waals surface area contributed by atoms with Crippen LogP contribution in [0.2, 0.25) is 0 Å². The van der Waals surface area contributed by atoms with E-state index >= 15 is 0 Å². The van der Waals surface area contributed by atoms with Crippen molar-refractivity contribution in [3.63, 3.8) is 0 Å². The van der Waals surface area contributed by atoms with Crippen molar-refractivity contribution in [3.8, 4) is 22.9 Å². The fourth-order valence-electron chi connectivity index (χ4n) is 4.79. The SMILES string of the molecule is Cc1nn(-c2cccc(C(=O)N(C)c3ccc4c(c3)OC(F)(F)O4)c2)c2c1COCC2Oc1ccc(C(=O)O)cc1. The number of carbonyl (C=O) groups is 2. The topological polar surface area (TPSA) is 112 Å². The van der Waals surface area contributed by atoms with E-state index in [0.717, 1.165) is 17.0 Å². The zero-order chi connectivity index (χ0) is 28.9. The van der Waals surface area contributed by atoms with Crippen LogP contribution in [0.4, 0.5) is 14.5 Å². The molecule has 4 aromatic rings. The summed E-state index contributed by atoms with van der Waals surface area (Å²) in [4.78, 5) is 25.9. The predicted octanol–water partition coefficient (Wildman–Crippen LogP) is 5.13. The number of ether oxygens (including phenoxy) is 4. The average Bonchev–Trinajstić information content (AvgIpc) is 3.47. The summed E-state index contributed by atoms with van der Waals surface area (Å²) in [5.74, 6) is -1.23. The molecule has 0 fully saturated rings. The fourth-order valence-corrected chi connectivity index (χ4v) is 4.79. The summed E-state index contributed by atoms with van der Waals surface area (Å²) >= 11 is 0. The molecule has 2 aliphatic heterocycles. The lowest BCUT2D eigenvalue weighted by atomic mass is 10.1. The van der Waals surface area contributed by atoms with Gasteiger partial charge in [-0.3, -0.25) is 4.79 Å². The van der Waals surface area contributed by atoms with Crippen LogP contribution >= 0.6 is 0 Å². The Morgan fingerprint density at radius 2 is 1.80 bits per heavy atom. The normalized spacial score (nSPS) is 16.6. The van der Waals surface area contributed by atoms with Gasteiger partial charge in [0.1, 0.15) is 5.75 Å². The zero-order valence-corrected chi connectivity index (χ0v) is 21.8.